The molecule has 0 heterocycles. The Bertz CT molecular complexity index is 1090. The van der Waals surface area contributed by atoms with Gasteiger partial charge in [0.25, 0.3) is 0 Å². The Morgan fingerprint density at radius 1 is 0.897 bits per heavy atom. The predicted molar refractivity (Wildman–Crippen MR) is 118 cm³/mol. The fraction of sp³-hybridized carbons (Fsp3) is 0.185. The van der Waals surface area contributed by atoms with E-state index in [1.54, 1.807) is 6.07 Å². The Labute approximate surface area is 171 Å². The molecule has 2 heteroatoms. The van der Waals surface area contributed by atoms with Crippen molar-refractivity contribution in [2.75, 3.05) is 0 Å². The molecule has 0 amide bonds. The Hall–Kier alpha value is -3.26. The molecule has 0 spiro atoms. The van der Waals surface area contributed by atoms with Crippen molar-refractivity contribution in [3.05, 3.63) is 106 Å². The van der Waals surface area contributed by atoms with Crippen LogP contribution in [-0.4, -0.2) is 5.11 Å². The Kier molecular flexibility index (Phi) is 4.69. The zero-order chi connectivity index (χ0) is 19.6. The normalized spacial score (nSPS) is 17.2. The van der Waals surface area contributed by atoms with Crippen LogP contribution in [0.2, 0.25) is 0 Å². The monoisotopic (exact) mass is 380 g/mol. The van der Waals surface area contributed by atoms with E-state index in [4.69, 9.17) is 4.74 Å². The Balaban J connectivity index is 1.37. The van der Waals surface area contributed by atoms with E-state index < -0.39 is 0 Å². The van der Waals surface area contributed by atoms with Crippen LogP contribution >= 0.6 is 0 Å². The van der Waals surface area contributed by atoms with E-state index in [9.17, 15) is 5.11 Å². The maximum Gasteiger partial charge on any atom is 0.120 e. The van der Waals surface area contributed by atoms with Crippen molar-refractivity contribution in [2.45, 2.75) is 31.8 Å². The molecule has 144 valence electrons. The molecule has 2 aliphatic rings. The van der Waals surface area contributed by atoms with Gasteiger partial charge in [-0.05, 0) is 71.3 Å². The molecule has 0 saturated heterocycles. The van der Waals surface area contributed by atoms with Crippen LogP contribution in [0.15, 0.2) is 78.4 Å². The number of aromatic hydroxyl groups is 1. The summed E-state index contributed by atoms with van der Waals surface area (Å²) >= 11 is 0. The van der Waals surface area contributed by atoms with E-state index >= 15 is 0 Å². The topological polar surface area (TPSA) is 29.5 Å². The van der Waals surface area contributed by atoms with Crippen LogP contribution in [0.5, 0.6) is 11.5 Å². The Morgan fingerprint density at radius 3 is 2.66 bits per heavy atom. The highest BCUT2D eigenvalue weighted by Gasteiger charge is 2.24. The predicted octanol–water partition coefficient (Wildman–Crippen LogP) is 6.50. The molecule has 0 radical (unpaired) electrons. The molecule has 2 aliphatic carbocycles. The molecule has 0 saturated carbocycles. The van der Waals surface area contributed by atoms with Crippen molar-refractivity contribution >= 4 is 12.2 Å². The highest BCUT2D eigenvalue weighted by atomic mass is 16.5. The number of hydrogen-bond donors (Lipinski definition) is 1. The summed E-state index contributed by atoms with van der Waals surface area (Å²) in [6.45, 7) is 0.593. The minimum atomic E-state index is 0.348. The summed E-state index contributed by atoms with van der Waals surface area (Å²) in [6.07, 6.45) is 9.83. The maximum atomic E-state index is 9.97. The lowest BCUT2D eigenvalue weighted by molar-refractivity contribution is 0.306. The Morgan fingerprint density at radius 2 is 1.76 bits per heavy atom. The van der Waals surface area contributed by atoms with Gasteiger partial charge < -0.3 is 9.84 Å². The van der Waals surface area contributed by atoms with Gasteiger partial charge in [0, 0.05) is 5.92 Å². The number of fused-ring (bicyclic) bond motifs is 2. The minimum Gasteiger partial charge on any atom is -0.508 e. The largest absolute Gasteiger partial charge is 0.508 e. The van der Waals surface area contributed by atoms with Crippen molar-refractivity contribution in [2.24, 2.45) is 0 Å². The molecule has 5 rings (SSSR count). The fourth-order valence-electron chi connectivity index (χ4n) is 4.42. The van der Waals surface area contributed by atoms with Crippen molar-refractivity contribution in [1.82, 2.24) is 0 Å². The van der Waals surface area contributed by atoms with E-state index in [0.29, 0.717) is 18.3 Å². The quantitative estimate of drug-likeness (QED) is 0.560. The average Bonchev–Trinajstić information content (AvgIpc) is 2.77. The highest BCUT2D eigenvalue weighted by Crippen LogP contribution is 2.41. The second-order valence-electron chi connectivity index (χ2n) is 7.86. The lowest BCUT2D eigenvalue weighted by Crippen LogP contribution is -2.11. The van der Waals surface area contributed by atoms with Crippen molar-refractivity contribution in [3.63, 3.8) is 0 Å². The van der Waals surface area contributed by atoms with Gasteiger partial charge in [0.1, 0.15) is 18.1 Å². The molecule has 29 heavy (non-hydrogen) atoms. The first-order valence-electron chi connectivity index (χ1n) is 10.3. The first-order chi connectivity index (χ1) is 14.3. The fourth-order valence-corrected chi connectivity index (χ4v) is 4.42. The lowest BCUT2D eigenvalue weighted by Gasteiger charge is -2.28. The zero-order valence-corrected chi connectivity index (χ0v) is 16.3. The molecule has 3 aromatic rings. The number of ether oxygens (including phenoxy) is 1. The van der Waals surface area contributed by atoms with Crippen molar-refractivity contribution in [1.29, 1.82) is 0 Å². The number of benzene rings is 3. The third-order valence-corrected chi connectivity index (χ3v) is 5.95. The number of hydrogen-bond acceptors (Lipinski definition) is 2. The summed E-state index contributed by atoms with van der Waals surface area (Å²) < 4.78 is 6.00. The highest BCUT2D eigenvalue weighted by molar-refractivity contribution is 5.67. The molecule has 1 N–H and O–H groups in total. The molecule has 1 atom stereocenters. The second-order valence-corrected chi connectivity index (χ2v) is 7.86. The van der Waals surface area contributed by atoms with Gasteiger partial charge in [0.2, 0.25) is 0 Å². The summed E-state index contributed by atoms with van der Waals surface area (Å²) in [4.78, 5) is 0. The van der Waals surface area contributed by atoms with Crippen LogP contribution in [0.4, 0.5) is 0 Å². The van der Waals surface area contributed by atoms with Crippen LogP contribution in [0.3, 0.4) is 0 Å². The van der Waals surface area contributed by atoms with Crippen LogP contribution in [0.25, 0.3) is 12.2 Å². The van der Waals surface area contributed by atoms with Gasteiger partial charge in [-0.3, -0.25) is 0 Å². The molecule has 3 aromatic carbocycles. The van der Waals surface area contributed by atoms with Gasteiger partial charge >= 0.3 is 0 Å². The molecular formula is C27H24O2. The average molecular weight is 380 g/mol. The van der Waals surface area contributed by atoms with Crippen molar-refractivity contribution < 1.29 is 9.84 Å². The standard InChI is InChI=1S/C27H24O2/c28-24-13-11-20-7-4-8-26(27(20)17-24)23-10-9-22-16-25(14-12-21(22)15-23)29-18-19-5-2-1-3-6-19/h1-7,11-17,26,28H,8-10,18H2. The smallest absolute Gasteiger partial charge is 0.120 e. The van der Waals surface area contributed by atoms with E-state index in [-0.39, 0.29) is 0 Å². The molecule has 0 aromatic heterocycles. The number of allylic oxidation sites excluding steroid dienone is 2. The van der Waals surface area contributed by atoms with E-state index in [2.05, 4.69) is 48.6 Å². The third-order valence-electron chi connectivity index (χ3n) is 5.95. The molecule has 1 unspecified atom stereocenters. The van der Waals surface area contributed by atoms with Crippen LogP contribution in [-0.2, 0) is 13.0 Å². The number of phenolic OH excluding ortho intramolecular Hbond substituents is 1. The number of aryl methyl sites for hydroxylation is 1. The van der Waals surface area contributed by atoms with Crippen LogP contribution in [0, 0.1) is 0 Å². The summed E-state index contributed by atoms with van der Waals surface area (Å²) in [5.41, 5.74) is 7.73. The van der Waals surface area contributed by atoms with E-state index in [0.717, 1.165) is 25.0 Å². The SMILES string of the molecule is Oc1ccc2c(c1)C(C1=Cc3ccc(OCc4ccccc4)cc3CC1)CC=C2. The van der Waals surface area contributed by atoms with Gasteiger partial charge in [-0.25, -0.2) is 0 Å². The lowest BCUT2D eigenvalue weighted by atomic mass is 9.77. The summed E-state index contributed by atoms with van der Waals surface area (Å²) in [7, 11) is 0. The summed E-state index contributed by atoms with van der Waals surface area (Å²) in [5, 5.41) is 9.97. The van der Waals surface area contributed by atoms with E-state index in [1.165, 1.54) is 33.4 Å². The maximum absolute atomic E-state index is 9.97. The summed E-state index contributed by atoms with van der Waals surface area (Å²) in [6, 6.07) is 22.4. The molecule has 0 bridgehead atoms. The van der Waals surface area contributed by atoms with Gasteiger partial charge in [-0.2, -0.15) is 0 Å². The van der Waals surface area contributed by atoms with Gasteiger partial charge in [-0.1, -0.05) is 66.3 Å². The molecule has 0 aliphatic heterocycles. The zero-order valence-electron chi connectivity index (χ0n) is 16.3. The molecule has 0 fully saturated rings. The van der Waals surface area contributed by atoms with Crippen LogP contribution < -0.4 is 4.74 Å². The van der Waals surface area contributed by atoms with Gasteiger partial charge in [-0.15, -0.1) is 0 Å². The van der Waals surface area contributed by atoms with Gasteiger partial charge in [0.15, 0.2) is 0 Å². The van der Waals surface area contributed by atoms with E-state index in [1.807, 2.05) is 30.3 Å². The van der Waals surface area contributed by atoms with Crippen molar-refractivity contribution in [3.8, 4) is 11.5 Å². The minimum absolute atomic E-state index is 0.348. The first kappa shape index (κ1) is 17.8. The second kappa shape index (κ2) is 7.63. The first-order valence-corrected chi connectivity index (χ1v) is 10.3. The number of phenols is 1. The summed E-state index contributed by atoms with van der Waals surface area (Å²) in [5.74, 6) is 1.63. The van der Waals surface area contributed by atoms with Gasteiger partial charge in [0.05, 0.1) is 0 Å². The molecule has 2 nitrogen and oxygen atoms in total. The molecular weight excluding hydrogens is 356 g/mol. The number of rotatable bonds is 4. The third kappa shape index (κ3) is 3.71. The van der Waals surface area contributed by atoms with Crippen LogP contribution in [0.1, 0.15) is 46.6 Å².